The van der Waals surface area contributed by atoms with Crippen LogP contribution in [0, 0.1) is 0 Å². The fraction of sp³-hybridized carbons (Fsp3) is 0.323. The lowest BCUT2D eigenvalue weighted by molar-refractivity contribution is -0.312. The molecule has 3 aromatic carbocycles. The average Bonchev–Trinajstić information content (AvgIpc) is 3.50. The number of anilines is 3. The van der Waals surface area contributed by atoms with E-state index in [0.29, 0.717) is 36.2 Å². The Balaban J connectivity index is 1.07. The van der Waals surface area contributed by atoms with Crippen LogP contribution in [-0.2, 0) is 21.8 Å². The summed E-state index contributed by atoms with van der Waals surface area (Å²) >= 11 is 12.8. The molecule has 0 aliphatic carbocycles. The molecule has 214 valence electrons. The summed E-state index contributed by atoms with van der Waals surface area (Å²) in [6.45, 7) is 5.11. The zero-order valence-electron chi connectivity index (χ0n) is 22.7. The van der Waals surface area contributed by atoms with Gasteiger partial charge in [-0.2, -0.15) is 0 Å². The molecule has 3 heterocycles. The van der Waals surface area contributed by atoms with Gasteiger partial charge in [0.25, 0.3) is 0 Å². The third kappa shape index (κ3) is 6.41. The van der Waals surface area contributed by atoms with E-state index in [4.69, 9.17) is 43.1 Å². The Kier molecular flexibility index (Phi) is 8.25. The van der Waals surface area contributed by atoms with Gasteiger partial charge in [0.1, 0.15) is 12.4 Å². The van der Waals surface area contributed by atoms with Gasteiger partial charge in [-0.1, -0.05) is 29.3 Å². The summed E-state index contributed by atoms with van der Waals surface area (Å²) in [4.78, 5) is 8.96. The van der Waals surface area contributed by atoms with Crippen molar-refractivity contribution in [2.24, 2.45) is 0 Å². The van der Waals surface area contributed by atoms with E-state index in [1.54, 1.807) is 24.7 Å². The summed E-state index contributed by atoms with van der Waals surface area (Å²) in [5.74, 6) is -0.290. The molecule has 8 nitrogen and oxygen atoms in total. The number of rotatable bonds is 8. The van der Waals surface area contributed by atoms with Gasteiger partial charge in [-0.25, -0.2) is 4.98 Å². The monoisotopic (exact) mass is 593 g/mol. The minimum atomic E-state index is -1.09. The molecule has 41 heavy (non-hydrogen) atoms. The standard InChI is InChI=1S/C31H33Cl2N5O3/c32-23-1-10-29(30(33)19-23)31(21-36-13-12-35-22-36)40-18-11-28(41-31)20-39-27-8-6-26(7-9-27)38-16-14-37(15-17-38)25-4-2-24(34)3-5-25/h1-10,12-13,19,22,28H,11,14-18,20-21,34H2. The number of nitrogen functional groups attached to an aromatic ring is 1. The maximum atomic E-state index is 6.63. The number of piperazine rings is 1. The largest absolute Gasteiger partial charge is 0.491 e. The molecule has 1 aromatic heterocycles. The number of nitrogens with zero attached hydrogens (tertiary/aromatic N) is 4. The van der Waals surface area contributed by atoms with E-state index in [-0.39, 0.29) is 6.10 Å². The molecule has 2 unspecified atom stereocenters. The van der Waals surface area contributed by atoms with Crippen molar-refractivity contribution in [2.45, 2.75) is 24.9 Å². The molecule has 0 amide bonds. The second kappa shape index (κ2) is 12.2. The van der Waals surface area contributed by atoms with Gasteiger partial charge in [0, 0.05) is 72.6 Å². The maximum Gasteiger partial charge on any atom is 0.215 e. The molecule has 2 fully saturated rings. The van der Waals surface area contributed by atoms with Crippen molar-refractivity contribution in [3.63, 3.8) is 0 Å². The lowest BCUT2D eigenvalue weighted by atomic mass is 10.0. The fourth-order valence-corrected chi connectivity index (χ4v) is 5.97. The van der Waals surface area contributed by atoms with Gasteiger partial charge in [-0.15, -0.1) is 0 Å². The van der Waals surface area contributed by atoms with Crippen LogP contribution in [0.5, 0.6) is 5.75 Å². The summed E-state index contributed by atoms with van der Waals surface area (Å²) in [6.07, 6.45) is 5.84. The van der Waals surface area contributed by atoms with E-state index in [1.165, 1.54) is 11.4 Å². The summed E-state index contributed by atoms with van der Waals surface area (Å²) in [5, 5.41) is 1.04. The topological polar surface area (TPSA) is 78.0 Å². The summed E-state index contributed by atoms with van der Waals surface area (Å²) in [5.41, 5.74) is 9.76. The SMILES string of the molecule is Nc1ccc(N2CCN(c3ccc(OCC4CCOC(Cn5ccnc5)(c5ccc(Cl)cc5Cl)O4)cc3)CC2)cc1. The highest BCUT2D eigenvalue weighted by Crippen LogP contribution is 2.40. The minimum Gasteiger partial charge on any atom is -0.491 e. The van der Waals surface area contributed by atoms with Crippen LogP contribution >= 0.6 is 23.2 Å². The second-order valence-corrected chi connectivity index (χ2v) is 11.2. The van der Waals surface area contributed by atoms with Gasteiger partial charge in [-0.05, 0) is 60.7 Å². The fourth-order valence-electron chi connectivity index (χ4n) is 5.41. The number of hydrogen-bond acceptors (Lipinski definition) is 7. The molecular formula is C31H33Cl2N5O3. The van der Waals surface area contributed by atoms with Crippen LogP contribution in [0.15, 0.2) is 85.5 Å². The van der Waals surface area contributed by atoms with Crippen LogP contribution in [0.25, 0.3) is 0 Å². The summed E-state index contributed by atoms with van der Waals surface area (Å²) < 4.78 is 21.0. The Morgan fingerprint density at radius 1 is 0.927 bits per heavy atom. The minimum absolute atomic E-state index is 0.194. The first-order valence-corrected chi connectivity index (χ1v) is 14.5. The summed E-state index contributed by atoms with van der Waals surface area (Å²) in [6, 6.07) is 21.7. The lowest BCUT2D eigenvalue weighted by Gasteiger charge is -2.41. The molecule has 2 saturated heterocycles. The third-order valence-corrected chi connectivity index (χ3v) is 8.15. The molecule has 2 N–H and O–H groups in total. The first-order valence-electron chi connectivity index (χ1n) is 13.8. The molecule has 10 heteroatoms. The molecule has 0 bridgehead atoms. The highest BCUT2D eigenvalue weighted by Gasteiger charge is 2.42. The number of aromatic nitrogens is 2. The van der Waals surface area contributed by atoms with Crippen molar-refractivity contribution in [3.05, 3.63) is 101 Å². The van der Waals surface area contributed by atoms with Gasteiger partial charge in [-0.3, -0.25) is 0 Å². The van der Waals surface area contributed by atoms with Crippen molar-refractivity contribution in [2.75, 3.05) is 54.9 Å². The smallest absolute Gasteiger partial charge is 0.215 e. The first-order chi connectivity index (χ1) is 20.0. The number of imidazole rings is 1. The Labute approximate surface area is 250 Å². The predicted molar refractivity (Wildman–Crippen MR) is 163 cm³/mol. The Morgan fingerprint density at radius 2 is 1.61 bits per heavy atom. The van der Waals surface area contributed by atoms with Crippen LogP contribution in [0.4, 0.5) is 17.1 Å². The number of benzene rings is 3. The van der Waals surface area contributed by atoms with Gasteiger partial charge in [0.15, 0.2) is 0 Å². The van der Waals surface area contributed by atoms with Crippen LogP contribution in [0.3, 0.4) is 0 Å². The van der Waals surface area contributed by atoms with Gasteiger partial charge < -0.3 is 34.3 Å². The quantitative estimate of drug-likeness (QED) is 0.257. The number of nitrogens with two attached hydrogens (primary N) is 1. The zero-order chi connectivity index (χ0) is 28.2. The van der Waals surface area contributed by atoms with E-state index in [1.807, 2.05) is 41.1 Å². The molecule has 4 aromatic rings. The Bertz CT molecular complexity index is 1430. The first kappa shape index (κ1) is 27.7. The molecule has 0 radical (unpaired) electrons. The Hall–Kier alpha value is -3.43. The van der Waals surface area contributed by atoms with Crippen molar-refractivity contribution in [1.29, 1.82) is 0 Å². The van der Waals surface area contributed by atoms with Gasteiger partial charge >= 0.3 is 0 Å². The highest BCUT2D eigenvalue weighted by atomic mass is 35.5. The molecular weight excluding hydrogens is 561 g/mol. The van der Waals surface area contributed by atoms with Crippen LogP contribution in [0.1, 0.15) is 12.0 Å². The number of halogens is 2. The highest BCUT2D eigenvalue weighted by molar-refractivity contribution is 6.35. The van der Waals surface area contributed by atoms with Gasteiger partial charge in [0.2, 0.25) is 5.79 Å². The number of hydrogen-bond donors (Lipinski definition) is 1. The number of ether oxygens (including phenoxy) is 3. The summed E-state index contributed by atoms with van der Waals surface area (Å²) in [7, 11) is 0. The van der Waals surface area contributed by atoms with E-state index < -0.39 is 5.79 Å². The average molecular weight is 595 g/mol. The lowest BCUT2D eigenvalue weighted by Crippen LogP contribution is -2.47. The van der Waals surface area contributed by atoms with Crippen molar-refractivity contribution >= 4 is 40.3 Å². The van der Waals surface area contributed by atoms with Crippen LogP contribution < -0.4 is 20.3 Å². The Morgan fingerprint density at radius 3 is 2.24 bits per heavy atom. The molecule has 0 spiro atoms. The van der Waals surface area contributed by atoms with E-state index in [2.05, 4.69) is 39.0 Å². The van der Waals surface area contributed by atoms with Crippen molar-refractivity contribution in [1.82, 2.24) is 9.55 Å². The molecule has 6 rings (SSSR count). The second-order valence-electron chi connectivity index (χ2n) is 10.4. The van der Waals surface area contributed by atoms with Crippen LogP contribution in [-0.4, -0.2) is 55.0 Å². The zero-order valence-corrected chi connectivity index (χ0v) is 24.2. The third-order valence-electron chi connectivity index (χ3n) is 7.60. The van der Waals surface area contributed by atoms with Crippen LogP contribution in [0.2, 0.25) is 10.0 Å². The van der Waals surface area contributed by atoms with E-state index >= 15 is 0 Å². The normalized spacial score (nSPS) is 21.2. The molecule has 0 saturated carbocycles. The van der Waals surface area contributed by atoms with Crippen molar-refractivity contribution in [3.8, 4) is 5.75 Å². The maximum absolute atomic E-state index is 6.63. The van der Waals surface area contributed by atoms with E-state index in [9.17, 15) is 0 Å². The molecule has 2 aliphatic heterocycles. The predicted octanol–water partition coefficient (Wildman–Crippen LogP) is 5.84. The molecule has 2 aliphatic rings. The van der Waals surface area contributed by atoms with Crippen molar-refractivity contribution < 1.29 is 14.2 Å². The molecule has 2 atom stereocenters. The van der Waals surface area contributed by atoms with Gasteiger partial charge in [0.05, 0.1) is 30.6 Å². The van der Waals surface area contributed by atoms with E-state index in [0.717, 1.165) is 43.2 Å².